The first-order chi connectivity index (χ1) is 8.67. The number of aromatic nitrogens is 1. The van der Waals surface area contributed by atoms with Crippen molar-refractivity contribution in [3.05, 3.63) is 36.0 Å². The van der Waals surface area contributed by atoms with E-state index in [4.69, 9.17) is 5.26 Å². The van der Waals surface area contributed by atoms with Gasteiger partial charge in [-0.25, -0.2) is 0 Å². The smallest absolute Gasteiger partial charge is 0.242 e. The molecule has 0 fully saturated rings. The standard InChI is InChI=1S/C14H15N3O/c1-3-16(2)14(18)10-17-8-7-12-11(9-15)5-4-6-13(12)17/h4-8H,3,10H2,1-2H3. The second-order valence-electron chi connectivity index (χ2n) is 4.20. The van der Waals surface area contributed by atoms with Crippen LogP contribution in [0.15, 0.2) is 30.5 Å². The van der Waals surface area contributed by atoms with Gasteiger partial charge in [0, 0.05) is 30.7 Å². The Bertz CT molecular complexity index is 621. The molecule has 4 nitrogen and oxygen atoms in total. The molecule has 2 aromatic rings. The summed E-state index contributed by atoms with van der Waals surface area (Å²) in [6.07, 6.45) is 1.85. The van der Waals surface area contributed by atoms with Gasteiger partial charge >= 0.3 is 0 Å². The lowest BCUT2D eigenvalue weighted by Crippen LogP contribution is -2.29. The Labute approximate surface area is 106 Å². The van der Waals surface area contributed by atoms with Crippen LogP contribution in [-0.4, -0.2) is 29.0 Å². The molecular weight excluding hydrogens is 226 g/mol. The van der Waals surface area contributed by atoms with Gasteiger partial charge in [0.25, 0.3) is 0 Å². The molecule has 0 bridgehead atoms. The van der Waals surface area contributed by atoms with Crippen LogP contribution in [0.2, 0.25) is 0 Å². The molecule has 0 unspecified atom stereocenters. The van der Waals surface area contributed by atoms with E-state index in [0.29, 0.717) is 18.7 Å². The average Bonchev–Trinajstić information content (AvgIpc) is 2.81. The van der Waals surface area contributed by atoms with Gasteiger partial charge in [0.2, 0.25) is 5.91 Å². The van der Waals surface area contributed by atoms with E-state index in [1.807, 2.05) is 35.9 Å². The van der Waals surface area contributed by atoms with Gasteiger partial charge in [0.05, 0.1) is 11.6 Å². The summed E-state index contributed by atoms with van der Waals surface area (Å²) in [6, 6.07) is 9.59. The highest BCUT2D eigenvalue weighted by Gasteiger charge is 2.10. The fourth-order valence-corrected chi connectivity index (χ4v) is 1.90. The summed E-state index contributed by atoms with van der Waals surface area (Å²) in [5.41, 5.74) is 1.56. The van der Waals surface area contributed by atoms with Crippen molar-refractivity contribution in [1.29, 1.82) is 5.26 Å². The maximum Gasteiger partial charge on any atom is 0.242 e. The quantitative estimate of drug-likeness (QED) is 0.825. The van der Waals surface area contributed by atoms with E-state index in [0.717, 1.165) is 10.9 Å². The Balaban J connectivity index is 2.36. The fraction of sp³-hybridized carbons (Fsp3) is 0.286. The number of fused-ring (bicyclic) bond motifs is 1. The van der Waals surface area contributed by atoms with Crippen molar-refractivity contribution in [2.75, 3.05) is 13.6 Å². The number of carbonyl (C=O) groups excluding carboxylic acids is 1. The molecule has 0 aliphatic heterocycles. The number of hydrogen-bond acceptors (Lipinski definition) is 2. The molecule has 1 heterocycles. The van der Waals surface area contributed by atoms with Gasteiger partial charge in [-0.3, -0.25) is 4.79 Å². The van der Waals surface area contributed by atoms with Crippen LogP contribution >= 0.6 is 0 Å². The Hall–Kier alpha value is -2.28. The molecule has 4 heteroatoms. The highest BCUT2D eigenvalue weighted by atomic mass is 16.2. The summed E-state index contributed by atoms with van der Waals surface area (Å²) in [4.78, 5) is 13.6. The third-order valence-electron chi connectivity index (χ3n) is 3.14. The average molecular weight is 241 g/mol. The van der Waals surface area contributed by atoms with E-state index in [-0.39, 0.29) is 5.91 Å². The summed E-state index contributed by atoms with van der Waals surface area (Å²) >= 11 is 0. The topological polar surface area (TPSA) is 49.0 Å². The summed E-state index contributed by atoms with van der Waals surface area (Å²) in [6.45, 7) is 2.95. The van der Waals surface area contributed by atoms with Crippen molar-refractivity contribution >= 4 is 16.8 Å². The molecule has 0 radical (unpaired) electrons. The van der Waals surface area contributed by atoms with Crippen molar-refractivity contribution in [3.63, 3.8) is 0 Å². The Morgan fingerprint density at radius 2 is 2.22 bits per heavy atom. The lowest BCUT2D eigenvalue weighted by molar-refractivity contribution is -0.130. The second-order valence-corrected chi connectivity index (χ2v) is 4.20. The van der Waals surface area contributed by atoms with Crippen LogP contribution < -0.4 is 0 Å². The van der Waals surface area contributed by atoms with Crippen molar-refractivity contribution in [1.82, 2.24) is 9.47 Å². The lowest BCUT2D eigenvalue weighted by Gasteiger charge is -2.15. The van der Waals surface area contributed by atoms with Crippen LogP contribution in [0.25, 0.3) is 10.9 Å². The molecule has 2 rings (SSSR count). The van der Waals surface area contributed by atoms with Gasteiger partial charge in [-0.1, -0.05) is 6.07 Å². The van der Waals surface area contributed by atoms with Crippen LogP contribution in [-0.2, 0) is 11.3 Å². The van der Waals surface area contributed by atoms with E-state index in [1.54, 1.807) is 18.0 Å². The third kappa shape index (κ3) is 2.07. The first-order valence-corrected chi connectivity index (χ1v) is 5.89. The van der Waals surface area contributed by atoms with Gasteiger partial charge < -0.3 is 9.47 Å². The minimum absolute atomic E-state index is 0.0670. The zero-order valence-electron chi connectivity index (χ0n) is 10.6. The first-order valence-electron chi connectivity index (χ1n) is 5.89. The summed E-state index contributed by atoms with van der Waals surface area (Å²) in [5.74, 6) is 0.0670. The summed E-state index contributed by atoms with van der Waals surface area (Å²) < 4.78 is 1.88. The van der Waals surface area contributed by atoms with E-state index < -0.39 is 0 Å². The molecule has 0 spiro atoms. The number of nitriles is 1. The zero-order chi connectivity index (χ0) is 13.1. The minimum atomic E-state index is 0.0670. The number of rotatable bonds is 3. The molecule has 0 aliphatic carbocycles. The zero-order valence-corrected chi connectivity index (χ0v) is 10.6. The fourth-order valence-electron chi connectivity index (χ4n) is 1.90. The molecule has 1 aromatic carbocycles. The monoisotopic (exact) mass is 241 g/mol. The molecule has 0 N–H and O–H groups in total. The first kappa shape index (κ1) is 12.2. The van der Waals surface area contributed by atoms with Crippen LogP contribution in [0, 0.1) is 11.3 Å². The molecule has 0 atom stereocenters. The SMILES string of the molecule is CCN(C)C(=O)Cn1ccc2c(C#N)cccc21. The molecule has 18 heavy (non-hydrogen) atoms. The van der Waals surface area contributed by atoms with Gasteiger partial charge in [0.15, 0.2) is 0 Å². The highest BCUT2D eigenvalue weighted by molar-refractivity contribution is 5.87. The van der Waals surface area contributed by atoms with Crippen molar-refractivity contribution < 1.29 is 4.79 Å². The van der Waals surface area contributed by atoms with Crippen molar-refractivity contribution in [2.45, 2.75) is 13.5 Å². The number of amides is 1. The van der Waals surface area contributed by atoms with E-state index >= 15 is 0 Å². The van der Waals surface area contributed by atoms with Crippen LogP contribution in [0.1, 0.15) is 12.5 Å². The molecule has 92 valence electrons. The molecule has 1 amide bonds. The number of carbonyl (C=O) groups is 1. The van der Waals surface area contributed by atoms with E-state index in [1.165, 1.54) is 0 Å². The lowest BCUT2D eigenvalue weighted by atomic mass is 10.1. The Kier molecular flexibility index (Phi) is 3.33. The molecule has 1 aromatic heterocycles. The minimum Gasteiger partial charge on any atom is -0.344 e. The third-order valence-corrected chi connectivity index (χ3v) is 3.14. The molecule has 0 saturated heterocycles. The number of hydrogen-bond donors (Lipinski definition) is 0. The van der Waals surface area contributed by atoms with Crippen LogP contribution in [0.3, 0.4) is 0 Å². The van der Waals surface area contributed by atoms with Crippen LogP contribution in [0.5, 0.6) is 0 Å². The normalized spacial score (nSPS) is 10.3. The largest absolute Gasteiger partial charge is 0.344 e. The van der Waals surface area contributed by atoms with Gasteiger partial charge in [0.1, 0.15) is 6.54 Å². The van der Waals surface area contributed by atoms with Gasteiger partial charge in [-0.2, -0.15) is 5.26 Å². The number of benzene rings is 1. The van der Waals surface area contributed by atoms with Crippen molar-refractivity contribution in [3.8, 4) is 6.07 Å². The Morgan fingerprint density at radius 3 is 2.89 bits per heavy atom. The number of likely N-dealkylation sites (N-methyl/N-ethyl adjacent to an activating group) is 1. The maximum absolute atomic E-state index is 11.9. The van der Waals surface area contributed by atoms with Gasteiger partial charge in [-0.05, 0) is 25.1 Å². The number of nitrogens with zero attached hydrogens (tertiary/aromatic N) is 3. The maximum atomic E-state index is 11.9. The predicted octanol–water partition coefficient (Wildman–Crippen LogP) is 1.99. The predicted molar refractivity (Wildman–Crippen MR) is 70.0 cm³/mol. The second kappa shape index (κ2) is 4.92. The van der Waals surface area contributed by atoms with Crippen molar-refractivity contribution in [2.24, 2.45) is 0 Å². The van der Waals surface area contributed by atoms with E-state index in [2.05, 4.69) is 6.07 Å². The van der Waals surface area contributed by atoms with Crippen LogP contribution in [0.4, 0.5) is 0 Å². The Morgan fingerprint density at radius 1 is 1.44 bits per heavy atom. The summed E-state index contributed by atoms with van der Waals surface area (Å²) in [7, 11) is 1.79. The molecule has 0 saturated carbocycles. The molecule has 0 aliphatic rings. The molecular formula is C14H15N3O. The van der Waals surface area contributed by atoms with E-state index in [9.17, 15) is 4.79 Å². The summed E-state index contributed by atoms with van der Waals surface area (Å²) in [5, 5.41) is 9.91. The van der Waals surface area contributed by atoms with Gasteiger partial charge in [-0.15, -0.1) is 0 Å². The highest BCUT2D eigenvalue weighted by Crippen LogP contribution is 2.19.